The summed E-state index contributed by atoms with van der Waals surface area (Å²) in [7, 11) is 0. The fourth-order valence-electron chi connectivity index (χ4n) is 0.145. The fraction of sp³-hybridized carbons (Fsp3) is 0. The Hall–Kier alpha value is 0.278. The molecule has 0 atom stereocenters. The molecule has 6 heavy (non-hydrogen) atoms. The van der Waals surface area contributed by atoms with E-state index in [-0.39, 0.29) is 0 Å². The van der Waals surface area contributed by atoms with E-state index in [1.807, 2.05) is 4.02 Å². The zero-order valence-electron chi connectivity index (χ0n) is 2.88. The van der Waals surface area contributed by atoms with Gasteiger partial charge >= 0.3 is 45.4 Å². The minimum atomic E-state index is -0.741. The standard InChI is InChI=1S/C2H3O3.Sb.H/c1-2-4-5-3;;/h1-3H;;/q;+1;/p-1. The predicted molar refractivity (Wildman–Crippen MR) is 19.5 cm³/mol. The first-order valence-electron chi connectivity index (χ1n) is 1.40. The van der Waals surface area contributed by atoms with Gasteiger partial charge in [0.2, 0.25) is 0 Å². The van der Waals surface area contributed by atoms with E-state index >= 15 is 0 Å². The molecule has 0 fully saturated rings. The summed E-state index contributed by atoms with van der Waals surface area (Å²) in [5, 5.41) is 4.06. The van der Waals surface area contributed by atoms with Crippen molar-refractivity contribution >= 4 is 22.0 Å². The average molecular weight is 197 g/mol. The van der Waals surface area contributed by atoms with Crippen LogP contribution >= 0.6 is 0 Å². The summed E-state index contributed by atoms with van der Waals surface area (Å²) >= 11 is -0.741. The monoisotopic (exact) mass is 196 g/mol. The van der Waals surface area contributed by atoms with Crippen LogP contribution in [0.4, 0.5) is 0 Å². The number of hydrogen-bond donors (Lipinski definition) is 0. The molecule has 0 amide bonds. The van der Waals surface area contributed by atoms with Gasteiger partial charge in [0, 0.05) is 0 Å². The van der Waals surface area contributed by atoms with Crippen molar-refractivity contribution in [3.05, 3.63) is 10.3 Å². The van der Waals surface area contributed by atoms with Crippen molar-refractivity contribution in [1.29, 1.82) is 0 Å². The van der Waals surface area contributed by atoms with Crippen LogP contribution in [0.2, 0.25) is 0 Å². The summed E-state index contributed by atoms with van der Waals surface area (Å²) in [4.78, 5) is 4.21. The van der Waals surface area contributed by atoms with Gasteiger partial charge in [-0.15, -0.1) is 0 Å². The molecule has 0 aromatic carbocycles. The summed E-state index contributed by atoms with van der Waals surface area (Å²) in [6, 6.07) is 0. The summed E-state index contributed by atoms with van der Waals surface area (Å²) in [5.41, 5.74) is 0. The van der Waals surface area contributed by atoms with Gasteiger partial charge in [-0.1, -0.05) is 0 Å². The first kappa shape index (κ1) is 4.44. The van der Waals surface area contributed by atoms with E-state index < -0.39 is 22.0 Å². The maximum absolute atomic E-state index is 4.43. The van der Waals surface area contributed by atoms with Crippen LogP contribution in [-0.4, -0.2) is 22.0 Å². The zero-order chi connectivity index (χ0) is 4.24. The molecule has 34 valence electrons. The van der Waals surface area contributed by atoms with Crippen LogP contribution in [0.3, 0.4) is 0 Å². The summed E-state index contributed by atoms with van der Waals surface area (Å²) in [6.07, 6.45) is 1.50. The Balaban J connectivity index is 2.26. The third-order valence-electron chi connectivity index (χ3n) is 0.313. The second-order valence-corrected chi connectivity index (χ2v) is 2.77. The van der Waals surface area contributed by atoms with Gasteiger partial charge in [-0.05, 0) is 0 Å². The summed E-state index contributed by atoms with van der Waals surface area (Å²) in [6.45, 7) is 0. The Morgan fingerprint density at radius 2 is 2.50 bits per heavy atom. The maximum atomic E-state index is 4.43. The molecule has 0 unspecified atom stereocenters. The zero-order valence-corrected chi connectivity index (χ0v) is 5.73. The van der Waals surface area contributed by atoms with Gasteiger partial charge in [0.15, 0.2) is 0 Å². The van der Waals surface area contributed by atoms with Crippen LogP contribution in [0.25, 0.3) is 0 Å². The number of rotatable bonds is 0. The topological polar surface area (TPSA) is 27.7 Å². The Kier molecular flexibility index (Phi) is 1.81. The second kappa shape index (κ2) is 2.45. The molecular weight excluding hydrogens is 194 g/mol. The molecule has 1 heterocycles. The van der Waals surface area contributed by atoms with Crippen molar-refractivity contribution in [3.8, 4) is 0 Å². The third kappa shape index (κ3) is 1.17. The van der Waals surface area contributed by atoms with Gasteiger partial charge in [-0.25, -0.2) is 0 Å². The van der Waals surface area contributed by atoms with Crippen LogP contribution in [0.1, 0.15) is 0 Å². The van der Waals surface area contributed by atoms with Crippen LogP contribution in [0, 0.1) is 0 Å². The molecule has 0 aromatic heterocycles. The van der Waals surface area contributed by atoms with Crippen molar-refractivity contribution in [2.45, 2.75) is 0 Å². The molecule has 1 aliphatic heterocycles. The van der Waals surface area contributed by atoms with E-state index in [1.165, 1.54) is 6.26 Å². The van der Waals surface area contributed by atoms with Gasteiger partial charge in [-0.3, -0.25) is 0 Å². The van der Waals surface area contributed by atoms with Gasteiger partial charge in [-0.2, -0.15) is 0 Å². The van der Waals surface area contributed by atoms with Crippen molar-refractivity contribution in [3.63, 3.8) is 0 Å². The van der Waals surface area contributed by atoms with E-state index in [4.69, 9.17) is 0 Å². The molecule has 3 nitrogen and oxygen atoms in total. The number of hydrogen-bond acceptors (Lipinski definition) is 3. The Morgan fingerprint density at radius 1 is 1.50 bits per heavy atom. The van der Waals surface area contributed by atoms with Gasteiger partial charge in [0.25, 0.3) is 0 Å². The summed E-state index contributed by atoms with van der Waals surface area (Å²) < 4.78 is 6.30. The third-order valence-corrected chi connectivity index (χ3v) is 1.56. The molecule has 0 spiro atoms. The van der Waals surface area contributed by atoms with Crippen molar-refractivity contribution in [2.24, 2.45) is 0 Å². The minimum absolute atomic E-state index is 0.741. The molecule has 0 aliphatic carbocycles. The molecule has 1 aliphatic rings. The summed E-state index contributed by atoms with van der Waals surface area (Å²) in [5.74, 6) is 0. The molecular formula is C2H3O3Sb. The second-order valence-electron chi connectivity index (χ2n) is 0.668. The SMILES string of the molecule is C1=[CH][SbH][O]OO1. The fourth-order valence-corrected chi connectivity index (χ4v) is 0.845. The Bertz CT molecular complexity index is 53.8. The van der Waals surface area contributed by atoms with Crippen molar-refractivity contribution < 1.29 is 13.1 Å². The van der Waals surface area contributed by atoms with Gasteiger partial charge in [0.05, 0.1) is 0 Å². The van der Waals surface area contributed by atoms with E-state index in [0.29, 0.717) is 0 Å². The molecule has 0 aromatic rings. The van der Waals surface area contributed by atoms with Gasteiger partial charge in [0.1, 0.15) is 0 Å². The van der Waals surface area contributed by atoms with E-state index in [0.717, 1.165) is 0 Å². The van der Waals surface area contributed by atoms with Crippen LogP contribution < -0.4 is 0 Å². The molecule has 1 rings (SSSR count). The molecule has 0 bridgehead atoms. The first-order chi connectivity index (χ1) is 3.00. The molecule has 0 N–H and O–H groups in total. The average Bonchev–Trinajstić information content (AvgIpc) is 1.72. The van der Waals surface area contributed by atoms with E-state index in [1.54, 1.807) is 0 Å². The van der Waals surface area contributed by atoms with Crippen LogP contribution in [0.15, 0.2) is 10.3 Å². The predicted octanol–water partition coefficient (Wildman–Crippen LogP) is -0.298. The first-order valence-corrected chi connectivity index (χ1v) is 4.21. The molecule has 0 saturated heterocycles. The molecule has 0 radical (unpaired) electrons. The molecule has 0 saturated carbocycles. The Labute approximate surface area is 45.8 Å². The Morgan fingerprint density at radius 3 is 2.67 bits per heavy atom. The van der Waals surface area contributed by atoms with E-state index in [9.17, 15) is 0 Å². The normalized spacial score (nSPS) is 20.0. The van der Waals surface area contributed by atoms with Gasteiger partial charge < -0.3 is 0 Å². The van der Waals surface area contributed by atoms with Crippen LogP contribution in [0.5, 0.6) is 0 Å². The molecule has 4 heteroatoms. The van der Waals surface area contributed by atoms with Crippen molar-refractivity contribution in [2.75, 3.05) is 0 Å². The van der Waals surface area contributed by atoms with Crippen molar-refractivity contribution in [1.82, 2.24) is 0 Å². The van der Waals surface area contributed by atoms with Crippen LogP contribution in [-0.2, 0) is 13.1 Å². The quantitative estimate of drug-likeness (QED) is 0.394. The van der Waals surface area contributed by atoms with E-state index in [2.05, 4.69) is 13.1 Å².